The van der Waals surface area contributed by atoms with E-state index in [1.54, 1.807) is 25.8 Å². The molecular weight excluding hydrogens is 184 g/mol. The lowest BCUT2D eigenvalue weighted by Crippen LogP contribution is -1.90. The van der Waals surface area contributed by atoms with Gasteiger partial charge in [-0.15, -0.1) is 0 Å². The Balaban J connectivity index is 2.68. The van der Waals surface area contributed by atoms with Crippen LogP contribution in [0.4, 0.5) is 0 Å². The van der Waals surface area contributed by atoms with Gasteiger partial charge in [-0.25, -0.2) is 0 Å². The molecule has 1 atom stereocenters. The van der Waals surface area contributed by atoms with Gasteiger partial charge in [0.05, 0.1) is 12.0 Å². The van der Waals surface area contributed by atoms with Crippen molar-refractivity contribution >= 4 is 11.8 Å². The first kappa shape index (κ1) is 10.6. The standard InChI is InChI=1S/C10H14O2S/c1-8(11)9-4-3-5-10(6-9)13-7-12-2/h3-6,8,11H,7H2,1-2H3. The predicted octanol–water partition coefficient (Wildman–Crippen LogP) is 2.44. The summed E-state index contributed by atoms with van der Waals surface area (Å²) in [6, 6.07) is 7.85. The van der Waals surface area contributed by atoms with Crippen LogP contribution in [-0.4, -0.2) is 18.2 Å². The summed E-state index contributed by atoms with van der Waals surface area (Å²) < 4.78 is 4.95. The van der Waals surface area contributed by atoms with Gasteiger partial charge in [0.15, 0.2) is 0 Å². The molecule has 0 heterocycles. The second-order valence-electron chi connectivity index (χ2n) is 2.80. The van der Waals surface area contributed by atoms with Gasteiger partial charge in [-0.05, 0) is 24.6 Å². The molecule has 0 aliphatic rings. The molecule has 1 rings (SSSR count). The number of benzene rings is 1. The summed E-state index contributed by atoms with van der Waals surface area (Å²) in [6.45, 7) is 1.76. The number of hydrogen-bond donors (Lipinski definition) is 1. The molecule has 2 nitrogen and oxygen atoms in total. The Labute approximate surface area is 82.9 Å². The summed E-state index contributed by atoms with van der Waals surface area (Å²) in [5.74, 6) is 0.642. The van der Waals surface area contributed by atoms with E-state index >= 15 is 0 Å². The van der Waals surface area contributed by atoms with Crippen molar-refractivity contribution in [2.75, 3.05) is 13.0 Å². The molecule has 0 aliphatic carbocycles. The Kier molecular flexibility index (Phi) is 4.28. The molecule has 0 saturated carbocycles. The summed E-state index contributed by atoms with van der Waals surface area (Å²) in [6.07, 6.45) is -0.400. The topological polar surface area (TPSA) is 29.5 Å². The molecule has 1 aromatic rings. The summed E-state index contributed by atoms with van der Waals surface area (Å²) in [5, 5.41) is 9.33. The molecule has 1 aromatic carbocycles. The zero-order valence-corrected chi connectivity index (χ0v) is 8.67. The maximum absolute atomic E-state index is 9.33. The van der Waals surface area contributed by atoms with E-state index in [0.29, 0.717) is 5.94 Å². The lowest BCUT2D eigenvalue weighted by Gasteiger charge is -2.06. The van der Waals surface area contributed by atoms with Crippen LogP contribution in [0, 0.1) is 0 Å². The Morgan fingerprint density at radius 1 is 1.54 bits per heavy atom. The van der Waals surface area contributed by atoms with Crippen molar-refractivity contribution < 1.29 is 9.84 Å². The summed E-state index contributed by atoms with van der Waals surface area (Å²) in [7, 11) is 1.67. The zero-order valence-electron chi connectivity index (χ0n) is 7.86. The Morgan fingerprint density at radius 2 is 2.31 bits per heavy atom. The minimum atomic E-state index is -0.400. The molecule has 0 aromatic heterocycles. The maximum atomic E-state index is 9.33. The van der Waals surface area contributed by atoms with E-state index in [2.05, 4.69) is 0 Å². The molecule has 0 aliphatic heterocycles. The quantitative estimate of drug-likeness (QED) is 0.595. The molecule has 0 amide bonds. The molecule has 0 bridgehead atoms. The van der Waals surface area contributed by atoms with Crippen molar-refractivity contribution in [1.82, 2.24) is 0 Å². The van der Waals surface area contributed by atoms with Gasteiger partial charge in [-0.3, -0.25) is 0 Å². The van der Waals surface area contributed by atoms with E-state index in [1.165, 1.54) is 0 Å². The van der Waals surface area contributed by atoms with Crippen molar-refractivity contribution in [2.24, 2.45) is 0 Å². The maximum Gasteiger partial charge on any atom is 0.0963 e. The summed E-state index contributed by atoms with van der Waals surface area (Å²) in [4.78, 5) is 1.13. The average molecular weight is 198 g/mol. The molecule has 72 valence electrons. The molecular formula is C10H14O2S. The van der Waals surface area contributed by atoms with Crippen LogP contribution in [0.3, 0.4) is 0 Å². The molecule has 13 heavy (non-hydrogen) atoms. The van der Waals surface area contributed by atoms with E-state index in [0.717, 1.165) is 10.5 Å². The highest BCUT2D eigenvalue weighted by molar-refractivity contribution is 7.99. The van der Waals surface area contributed by atoms with Gasteiger partial charge in [-0.2, -0.15) is 0 Å². The SMILES string of the molecule is COCSc1cccc(C(C)O)c1. The van der Waals surface area contributed by atoms with Gasteiger partial charge in [-0.1, -0.05) is 23.9 Å². The fraction of sp³-hybridized carbons (Fsp3) is 0.400. The highest BCUT2D eigenvalue weighted by Gasteiger charge is 2.01. The lowest BCUT2D eigenvalue weighted by atomic mass is 10.1. The minimum absolute atomic E-state index is 0.400. The van der Waals surface area contributed by atoms with Crippen LogP contribution in [0.5, 0.6) is 0 Å². The van der Waals surface area contributed by atoms with E-state index < -0.39 is 6.10 Å². The molecule has 0 saturated heterocycles. The largest absolute Gasteiger partial charge is 0.389 e. The summed E-state index contributed by atoms with van der Waals surface area (Å²) >= 11 is 1.62. The predicted molar refractivity (Wildman–Crippen MR) is 54.8 cm³/mol. The summed E-state index contributed by atoms with van der Waals surface area (Å²) in [5.41, 5.74) is 0.945. The van der Waals surface area contributed by atoms with Gasteiger partial charge in [0.1, 0.15) is 0 Å². The highest BCUT2D eigenvalue weighted by atomic mass is 32.2. The van der Waals surface area contributed by atoms with Gasteiger partial charge in [0.2, 0.25) is 0 Å². The van der Waals surface area contributed by atoms with Crippen molar-refractivity contribution in [3.63, 3.8) is 0 Å². The van der Waals surface area contributed by atoms with Crippen molar-refractivity contribution in [3.8, 4) is 0 Å². The smallest absolute Gasteiger partial charge is 0.0963 e. The minimum Gasteiger partial charge on any atom is -0.389 e. The van der Waals surface area contributed by atoms with Gasteiger partial charge in [0, 0.05) is 12.0 Å². The van der Waals surface area contributed by atoms with Gasteiger partial charge >= 0.3 is 0 Å². The first-order valence-electron chi connectivity index (χ1n) is 4.14. The number of ether oxygens (including phenoxy) is 1. The number of hydrogen-bond acceptors (Lipinski definition) is 3. The molecule has 1 unspecified atom stereocenters. The number of aliphatic hydroxyl groups excluding tert-OH is 1. The lowest BCUT2D eigenvalue weighted by molar-refractivity contribution is 0.199. The number of thioether (sulfide) groups is 1. The van der Waals surface area contributed by atoms with Crippen LogP contribution in [0.1, 0.15) is 18.6 Å². The van der Waals surface area contributed by atoms with Crippen LogP contribution in [-0.2, 0) is 4.74 Å². The molecule has 0 fully saturated rings. The van der Waals surface area contributed by atoms with E-state index in [9.17, 15) is 5.11 Å². The molecule has 3 heteroatoms. The Hall–Kier alpha value is -0.510. The highest BCUT2D eigenvalue weighted by Crippen LogP contribution is 2.21. The molecule has 1 N–H and O–H groups in total. The average Bonchev–Trinajstić information content (AvgIpc) is 2.15. The normalized spacial score (nSPS) is 12.8. The van der Waals surface area contributed by atoms with E-state index in [-0.39, 0.29) is 0 Å². The third-order valence-corrected chi connectivity index (χ3v) is 2.62. The van der Waals surface area contributed by atoms with Crippen LogP contribution >= 0.6 is 11.8 Å². The number of rotatable bonds is 4. The van der Waals surface area contributed by atoms with E-state index in [1.807, 2.05) is 24.3 Å². The van der Waals surface area contributed by atoms with Crippen LogP contribution in [0.25, 0.3) is 0 Å². The fourth-order valence-electron chi connectivity index (χ4n) is 0.991. The first-order chi connectivity index (χ1) is 6.24. The van der Waals surface area contributed by atoms with Crippen LogP contribution in [0.2, 0.25) is 0 Å². The Morgan fingerprint density at radius 3 is 2.92 bits per heavy atom. The number of aliphatic hydroxyl groups is 1. The fourth-order valence-corrected chi connectivity index (χ4v) is 1.64. The first-order valence-corrected chi connectivity index (χ1v) is 5.12. The second kappa shape index (κ2) is 5.27. The third-order valence-electron chi connectivity index (χ3n) is 1.68. The third kappa shape index (κ3) is 3.38. The van der Waals surface area contributed by atoms with Crippen molar-refractivity contribution in [1.29, 1.82) is 0 Å². The monoisotopic (exact) mass is 198 g/mol. The van der Waals surface area contributed by atoms with Crippen LogP contribution < -0.4 is 0 Å². The Bertz CT molecular complexity index is 261. The zero-order chi connectivity index (χ0) is 9.68. The van der Waals surface area contributed by atoms with Gasteiger partial charge in [0.25, 0.3) is 0 Å². The van der Waals surface area contributed by atoms with E-state index in [4.69, 9.17) is 4.74 Å². The molecule has 0 spiro atoms. The molecule has 0 radical (unpaired) electrons. The van der Waals surface area contributed by atoms with Crippen LogP contribution in [0.15, 0.2) is 29.2 Å². The number of methoxy groups -OCH3 is 1. The second-order valence-corrected chi connectivity index (χ2v) is 3.80. The van der Waals surface area contributed by atoms with Gasteiger partial charge < -0.3 is 9.84 Å². The van der Waals surface area contributed by atoms with Crippen molar-refractivity contribution in [2.45, 2.75) is 17.9 Å². The van der Waals surface area contributed by atoms with Crippen molar-refractivity contribution in [3.05, 3.63) is 29.8 Å².